The summed E-state index contributed by atoms with van der Waals surface area (Å²) in [6, 6.07) is 7.92. The van der Waals surface area contributed by atoms with Crippen molar-refractivity contribution in [2.45, 2.75) is 43.5 Å². The summed E-state index contributed by atoms with van der Waals surface area (Å²) in [4.78, 5) is 27.8. The second-order valence-corrected chi connectivity index (χ2v) is 6.13. The van der Waals surface area contributed by atoms with Gasteiger partial charge < -0.3 is 10.2 Å². The van der Waals surface area contributed by atoms with Gasteiger partial charge in [0.15, 0.2) is 0 Å². The van der Waals surface area contributed by atoms with Crippen molar-refractivity contribution in [2.24, 2.45) is 0 Å². The maximum atomic E-state index is 13.0. The summed E-state index contributed by atoms with van der Waals surface area (Å²) in [5.74, 6) is -0.0489. The minimum Gasteiger partial charge on any atom is -0.342 e. The third-order valence-electron chi connectivity index (χ3n) is 4.17. The average Bonchev–Trinajstić information content (AvgIpc) is 2.64. The Morgan fingerprint density at radius 1 is 1.29 bits per heavy atom. The van der Waals surface area contributed by atoms with Gasteiger partial charge in [-0.25, -0.2) is 0 Å². The van der Waals surface area contributed by atoms with Crippen molar-refractivity contribution in [1.82, 2.24) is 5.32 Å². The van der Waals surface area contributed by atoms with Gasteiger partial charge in [-0.2, -0.15) is 0 Å². The van der Waals surface area contributed by atoms with Crippen molar-refractivity contribution in [2.75, 3.05) is 17.7 Å². The van der Waals surface area contributed by atoms with E-state index >= 15 is 0 Å². The molecule has 0 aromatic heterocycles. The number of rotatable bonds is 4. The van der Waals surface area contributed by atoms with Crippen LogP contribution in [0.15, 0.2) is 29.2 Å². The van der Waals surface area contributed by atoms with Gasteiger partial charge in [-0.1, -0.05) is 19.9 Å². The number of carbonyl (C=O) groups excluding carboxylic acids is 2. The van der Waals surface area contributed by atoms with E-state index in [0.29, 0.717) is 25.8 Å². The molecule has 21 heavy (non-hydrogen) atoms. The molecule has 1 aromatic carbocycles. The van der Waals surface area contributed by atoms with Gasteiger partial charge >= 0.3 is 0 Å². The molecule has 1 saturated heterocycles. The monoisotopic (exact) mass is 306 g/mol. The molecular formula is C16H22N2O2S. The van der Waals surface area contributed by atoms with Gasteiger partial charge in [-0.15, -0.1) is 11.8 Å². The van der Waals surface area contributed by atoms with Crippen LogP contribution in [0.4, 0.5) is 5.69 Å². The molecule has 0 saturated carbocycles. The molecule has 2 rings (SSSR count). The molecule has 0 unspecified atom stereocenters. The molecule has 1 fully saturated rings. The molecule has 5 heteroatoms. The first-order chi connectivity index (χ1) is 10.1. The Morgan fingerprint density at radius 3 is 2.62 bits per heavy atom. The highest BCUT2D eigenvalue weighted by Crippen LogP contribution is 2.28. The summed E-state index contributed by atoms with van der Waals surface area (Å²) in [6.07, 6.45) is 3.56. The number of hydrogen-bond acceptors (Lipinski definition) is 3. The van der Waals surface area contributed by atoms with Crippen LogP contribution in [-0.2, 0) is 9.59 Å². The van der Waals surface area contributed by atoms with Crippen LogP contribution in [0.25, 0.3) is 0 Å². The second kappa shape index (κ2) is 6.52. The Labute approximate surface area is 130 Å². The van der Waals surface area contributed by atoms with E-state index in [1.54, 1.807) is 16.7 Å². The molecule has 1 aliphatic rings. The number of benzene rings is 1. The minimum atomic E-state index is -0.775. The third kappa shape index (κ3) is 3.07. The average molecular weight is 306 g/mol. The van der Waals surface area contributed by atoms with E-state index in [-0.39, 0.29) is 11.8 Å². The van der Waals surface area contributed by atoms with Gasteiger partial charge in [-0.05, 0) is 37.3 Å². The van der Waals surface area contributed by atoms with Gasteiger partial charge in [0.05, 0.1) is 0 Å². The van der Waals surface area contributed by atoms with E-state index in [2.05, 4.69) is 5.32 Å². The van der Waals surface area contributed by atoms with Crippen LogP contribution in [0, 0.1) is 0 Å². The normalized spacial score (nSPS) is 18.3. The SMILES string of the molecule is CCC1(CC)NC(=O)CCN(c2cccc(SC)c2)C1=O. The lowest BCUT2D eigenvalue weighted by molar-refractivity contribution is -0.130. The molecular weight excluding hydrogens is 284 g/mol. The number of carbonyl (C=O) groups is 2. The standard InChI is InChI=1S/C16H22N2O2S/c1-4-16(5-2)15(20)18(10-9-14(19)17-16)12-7-6-8-13(11-12)21-3/h6-8,11H,4-5,9-10H2,1-3H3,(H,17,19). The Bertz CT molecular complexity index is 541. The predicted molar refractivity (Wildman–Crippen MR) is 86.6 cm³/mol. The van der Waals surface area contributed by atoms with E-state index in [9.17, 15) is 9.59 Å². The van der Waals surface area contributed by atoms with Crippen molar-refractivity contribution in [3.63, 3.8) is 0 Å². The Kier molecular flexibility index (Phi) is 4.93. The quantitative estimate of drug-likeness (QED) is 0.870. The number of nitrogens with one attached hydrogen (secondary N) is 1. The first-order valence-electron chi connectivity index (χ1n) is 7.33. The van der Waals surface area contributed by atoms with E-state index in [4.69, 9.17) is 0 Å². The third-order valence-corrected chi connectivity index (χ3v) is 4.89. The lowest BCUT2D eigenvalue weighted by Gasteiger charge is -2.33. The number of anilines is 1. The molecule has 0 radical (unpaired) electrons. The van der Waals surface area contributed by atoms with Gasteiger partial charge in [0.1, 0.15) is 5.54 Å². The van der Waals surface area contributed by atoms with Crippen molar-refractivity contribution in [3.05, 3.63) is 24.3 Å². The molecule has 1 aromatic rings. The molecule has 4 nitrogen and oxygen atoms in total. The van der Waals surface area contributed by atoms with Crippen LogP contribution in [0.2, 0.25) is 0 Å². The lowest BCUT2D eigenvalue weighted by atomic mass is 9.91. The zero-order valence-electron chi connectivity index (χ0n) is 12.8. The molecule has 1 heterocycles. The summed E-state index contributed by atoms with van der Waals surface area (Å²) in [6.45, 7) is 4.33. The summed E-state index contributed by atoms with van der Waals surface area (Å²) < 4.78 is 0. The van der Waals surface area contributed by atoms with E-state index in [1.807, 2.05) is 44.4 Å². The molecule has 2 amide bonds. The fourth-order valence-corrected chi connectivity index (χ4v) is 3.16. The van der Waals surface area contributed by atoms with E-state index < -0.39 is 5.54 Å². The van der Waals surface area contributed by atoms with E-state index in [0.717, 1.165) is 10.6 Å². The molecule has 1 N–H and O–H groups in total. The fourth-order valence-electron chi connectivity index (χ4n) is 2.71. The highest BCUT2D eigenvalue weighted by molar-refractivity contribution is 7.98. The molecule has 114 valence electrons. The molecule has 0 atom stereocenters. The van der Waals surface area contributed by atoms with Gasteiger partial charge in [0.25, 0.3) is 5.91 Å². The Hall–Kier alpha value is -1.49. The summed E-state index contributed by atoms with van der Waals surface area (Å²) in [7, 11) is 0. The molecule has 0 bridgehead atoms. The maximum Gasteiger partial charge on any atom is 0.252 e. The molecule has 0 aliphatic carbocycles. The van der Waals surface area contributed by atoms with Crippen molar-refractivity contribution < 1.29 is 9.59 Å². The van der Waals surface area contributed by atoms with Crippen LogP contribution in [-0.4, -0.2) is 30.2 Å². The number of thioether (sulfide) groups is 1. The largest absolute Gasteiger partial charge is 0.342 e. The van der Waals surface area contributed by atoms with Crippen molar-refractivity contribution >= 4 is 29.3 Å². The van der Waals surface area contributed by atoms with Gasteiger partial charge in [-0.3, -0.25) is 9.59 Å². The van der Waals surface area contributed by atoms with Crippen LogP contribution in [0.3, 0.4) is 0 Å². The number of hydrogen-bond donors (Lipinski definition) is 1. The Morgan fingerprint density at radius 2 is 2.00 bits per heavy atom. The minimum absolute atomic E-state index is 0.00315. The fraction of sp³-hybridized carbons (Fsp3) is 0.500. The lowest BCUT2D eigenvalue weighted by Crippen LogP contribution is -2.56. The van der Waals surface area contributed by atoms with Crippen LogP contribution < -0.4 is 10.2 Å². The van der Waals surface area contributed by atoms with Gasteiger partial charge in [0.2, 0.25) is 5.91 Å². The second-order valence-electron chi connectivity index (χ2n) is 5.25. The van der Waals surface area contributed by atoms with Gasteiger partial charge in [0, 0.05) is 23.5 Å². The number of nitrogens with zero attached hydrogens (tertiary/aromatic N) is 1. The topological polar surface area (TPSA) is 49.4 Å². The van der Waals surface area contributed by atoms with Crippen molar-refractivity contribution in [3.8, 4) is 0 Å². The zero-order chi connectivity index (χ0) is 15.5. The smallest absolute Gasteiger partial charge is 0.252 e. The predicted octanol–water partition coefficient (Wildman–Crippen LogP) is 2.82. The number of amides is 2. The van der Waals surface area contributed by atoms with Crippen molar-refractivity contribution in [1.29, 1.82) is 0 Å². The first-order valence-corrected chi connectivity index (χ1v) is 8.56. The molecule has 1 aliphatic heterocycles. The molecule has 0 spiro atoms. The first kappa shape index (κ1) is 15.9. The van der Waals surface area contributed by atoms with Crippen LogP contribution >= 0.6 is 11.8 Å². The van der Waals surface area contributed by atoms with E-state index in [1.165, 1.54) is 0 Å². The zero-order valence-corrected chi connectivity index (χ0v) is 13.6. The Balaban J connectivity index is 2.41. The maximum absolute atomic E-state index is 13.0. The summed E-state index contributed by atoms with van der Waals surface area (Å²) >= 11 is 1.64. The summed E-state index contributed by atoms with van der Waals surface area (Å²) in [5.41, 5.74) is 0.0952. The summed E-state index contributed by atoms with van der Waals surface area (Å²) in [5, 5.41) is 2.93. The highest BCUT2D eigenvalue weighted by Gasteiger charge is 2.42. The van der Waals surface area contributed by atoms with Crippen LogP contribution in [0.5, 0.6) is 0 Å². The highest BCUT2D eigenvalue weighted by atomic mass is 32.2. The van der Waals surface area contributed by atoms with Crippen LogP contribution in [0.1, 0.15) is 33.1 Å².